The van der Waals surface area contributed by atoms with Crippen LogP contribution in [0.1, 0.15) is 33.6 Å². The SMILES string of the molecule is CCCC(C)(N)C(=O)N1CCOC(CNC(C)=O)C1.Cl. The van der Waals surface area contributed by atoms with Gasteiger partial charge in [-0.15, -0.1) is 12.4 Å². The van der Waals surface area contributed by atoms with E-state index in [1.54, 1.807) is 11.8 Å². The molecule has 1 aliphatic rings. The van der Waals surface area contributed by atoms with Crippen LogP contribution in [0.5, 0.6) is 0 Å². The lowest BCUT2D eigenvalue weighted by Crippen LogP contribution is -2.58. The molecule has 0 aliphatic carbocycles. The third-order valence-electron chi connectivity index (χ3n) is 3.26. The highest BCUT2D eigenvalue weighted by Gasteiger charge is 2.34. The molecular weight excluding hydrogens is 282 g/mol. The molecule has 2 atom stereocenters. The summed E-state index contributed by atoms with van der Waals surface area (Å²) in [5.41, 5.74) is 5.25. The Morgan fingerprint density at radius 3 is 2.70 bits per heavy atom. The van der Waals surface area contributed by atoms with Gasteiger partial charge < -0.3 is 20.7 Å². The van der Waals surface area contributed by atoms with Gasteiger partial charge in [-0.2, -0.15) is 0 Å². The van der Waals surface area contributed by atoms with E-state index in [2.05, 4.69) is 5.32 Å². The summed E-state index contributed by atoms with van der Waals surface area (Å²) in [6.07, 6.45) is 1.39. The molecule has 2 unspecified atom stereocenters. The van der Waals surface area contributed by atoms with Crippen molar-refractivity contribution in [3.8, 4) is 0 Å². The number of nitrogens with zero attached hydrogens (tertiary/aromatic N) is 1. The summed E-state index contributed by atoms with van der Waals surface area (Å²) in [7, 11) is 0. The van der Waals surface area contributed by atoms with E-state index in [1.165, 1.54) is 6.92 Å². The fraction of sp³-hybridized carbons (Fsp3) is 0.846. The number of amides is 2. The van der Waals surface area contributed by atoms with Crippen molar-refractivity contribution in [1.82, 2.24) is 10.2 Å². The van der Waals surface area contributed by atoms with Crippen LogP contribution in [0, 0.1) is 0 Å². The third kappa shape index (κ3) is 5.64. The predicted octanol–water partition coefficient (Wildman–Crippen LogP) is 0.289. The van der Waals surface area contributed by atoms with Crippen LogP contribution >= 0.6 is 12.4 Å². The van der Waals surface area contributed by atoms with Gasteiger partial charge in [0.1, 0.15) is 0 Å². The smallest absolute Gasteiger partial charge is 0.242 e. The van der Waals surface area contributed by atoms with Gasteiger partial charge in [-0.1, -0.05) is 13.3 Å². The van der Waals surface area contributed by atoms with Gasteiger partial charge in [0.25, 0.3) is 0 Å². The van der Waals surface area contributed by atoms with E-state index in [0.29, 0.717) is 32.7 Å². The minimum absolute atomic E-state index is 0. The van der Waals surface area contributed by atoms with Gasteiger partial charge in [0, 0.05) is 26.6 Å². The fourth-order valence-electron chi connectivity index (χ4n) is 2.27. The van der Waals surface area contributed by atoms with Crippen molar-refractivity contribution in [2.75, 3.05) is 26.2 Å². The maximum Gasteiger partial charge on any atom is 0.242 e. The Balaban J connectivity index is 0.00000361. The Bertz CT molecular complexity index is 337. The zero-order valence-electron chi connectivity index (χ0n) is 12.5. The molecule has 0 aromatic carbocycles. The first-order valence-electron chi connectivity index (χ1n) is 6.81. The monoisotopic (exact) mass is 307 g/mol. The van der Waals surface area contributed by atoms with Crippen LogP contribution in [0.3, 0.4) is 0 Å². The van der Waals surface area contributed by atoms with Gasteiger partial charge >= 0.3 is 0 Å². The maximum atomic E-state index is 12.4. The molecule has 0 aromatic heterocycles. The molecule has 0 radical (unpaired) electrons. The zero-order chi connectivity index (χ0) is 14.5. The molecule has 1 saturated heterocycles. The molecular formula is C13H26ClN3O3. The number of ether oxygens (including phenoxy) is 1. The van der Waals surface area contributed by atoms with Crippen molar-refractivity contribution in [1.29, 1.82) is 0 Å². The molecule has 118 valence electrons. The van der Waals surface area contributed by atoms with Crippen molar-refractivity contribution in [3.63, 3.8) is 0 Å². The number of nitrogens with two attached hydrogens (primary N) is 1. The van der Waals surface area contributed by atoms with Crippen molar-refractivity contribution < 1.29 is 14.3 Å². The van der Waals surface area contributed by atoms with Gasteiger partial charge in [-0.3, -0.25) is 9.59 Å². The molecule has 0 aromatic rings. The number of rotatable bonds is 5. The molecule has 0 spiro atoms. The van der Waals surface area contributed by atoms with E-state index < -0.39 is 5.54 Å². The summed E-state index contributed by atoms with van der Waals surface area (Å²) in [6, 6.07) is 0. The summed E-state index contributed by atoms with van der Waals surface area (Å²) in [6.45, 7) is 7.20. The largest absolute Gasteiger partial charge is 0.373 e. The lowest BCUT2D eigenvalue weighted by Gasteiger charge is -2.37. The topological polar surface area (TPSA) is 84.7 Å². The summed E-state index contributed by atoms with van der Waals surface area (Å²) < 4.78 is 5.53. The van der Waals surface area contributed by atoms with Gasteiger partial charge in [0.15, 0.2) is 0 Å². The van der Waals surface area contributed by atoms with Gasteiger partial charge in [0.05, 0.1) is 18.2 Å². The zero-order valence-corrected chi connectivity index (χ0v) is 13.3. The Kier molecular flexibility index (Phi) is 8.08. The standard InChI is InChI=1S/C13H25N3O3.ClH/c1-4-5-13(3,14)12(18)16-6-7-19-11(9-16)8-15-10(2)17;/h11H,4-9,14H2,1-3H3,(H,15,17);1H. The van der Waals surface area contributed by atoms with Crippen LogP contribution in [-0.2, 0) is 14.3 Å². The van der Waals surface area contributed by atoms with Crippen LogP contribution in [-0.4, -0.2) is 54.6 Å². The number of carbonyl (C=O) groups excluding carboxylic acids is 2. The lowest BCUT2D eigenvalue weighted by atomic mass is 9.95. The van der Waals surface area contributed by atoms with Gasteiger partial charge in [-0.05, 0) is 13.3 Å². The Labute approximate surface area is 126 Å². The normalized spacial score (nSPS) is 21.6. The molecule has 0 saturated carbocycles. The summed E-state index contributed by atoms with van der Waals surface area (Å²) in [5.74, 6) is -0.132. The molecule has 1 fully saturated rings. The highest BCUT2D eigenvalue weighted by Crippen LogP contribution is 2.15. The van der Waals surface area contributed by atoms with E-state index in [0.717, 1.165) is 6.42 Å². The number of hydrogen-bond acceptors (Lipinski definition) is 4. The Morgan fingerprint density at radius 2 is 2.15 bits per heavy atom. The van der Waals surface area contributed by atoms with Crippen LogP contribution < -0.4 is 11.1 Å². The minimum atomic E-state index is -0.815. The fourth-order valence-corrected chi connectivity index (χ4v) is 2.27. The van der Waals surface area contributed by atoms with Crippen molar-refractivity contribution in [3.05, 3.63) is 0 Å². The maximum absolute atomic E-state index is 12.4. The van der Waals surface area contributed by atoms with Crippen LogP contribution in [0.4, 0.5) is 0 Å². The average Bonchev–Trinajstić information content (AvgIpc) is 2.35. The molecule has 3 N–H and O–H groups in total. The van der Waals surface area contributed by atoms with Crippen molar-refractivity contribution in [2.24, 2.45) is 5.73 Å². The van der Waals surface area contributed by atoms with E-state index in [9.17, 15) is 9.59 Å². The Hall–Kier alpha value is -0.850. The van der Waals surface area contributed by atoms with E-state index >= 15 is 0 Å². The molecule has 1 aliphatic heterocycles. The minimum Gasteiger partial charge on any atom is -0.373 e. The van der Waals surface area contributed by atoms with Crippen LogP contribution in [0.25, 0.3) is 0 Å². The van der Waals surface area contributed by atoms with E-state index in [1.807, 2.05) is 6.92 Å². The number of morpholine rings is 1. The number of nitrogens with one attached hydrogen (secondary N) is 1. The first-order chi connectivity index (χ1) is 8.86. The second-order valence-electron chi connectivity index (χ2n) is 5.35. The van der Waals surface area contributed by atoms with E-state index in [4.69, 9.17) is 10.5 Å². The molecule has 2 amide bonds. The molecule has 20 heavy (non-hydrogen) atoms. The van der Waals surface area contributed by atoms with Gasteiger partial charge in [-0.25, -0.2) is 0 Å². The van der Waals surface area contributed by atoms with Crippen molar-refractivity contribution in [2.45, 2.75) is 45.3 Å². The first-order valence-corrected chi connectivity index (χ1v) is 6.81. The second kappa shape index (κ2) is 8.44. The van der Waals surface area contributed by atoms with Crippen LogP contribution in [0.2, 0.25) is 0 Å². The summed E-state index contributed by atoms with van der Waals surface area (Å²) in [4.78, 5) is 25.0. The third-order valence-corrected chi connectivity index (χ3v) is 3.26. The second-order valence-corrected chi connectivity index (χ2v) is 5.35. The Morgan fingerprint density at radius 1 is 1.50 bits per heavy atom. The quantitative estimate of drug-likeness (QED) is 0.764. The lowest BCUT2D eigenvalue weighted by molar-refractivity contribution is -0.144. The van der Waals surface area contributed by atoms with Crippen LogP contribution in [0.15, 0.2) is 0 Å². The molecule has 1 heterocycles. The number of halogens is 1. The predicted molar refractivity (Wildman–Crippen MR) is 79.8 cm³/mol. The molecule has 7 heteroatoms. The highest BCUT2D eigenvalue weighted by molar-refractivity contribution is 5.86. The average molecular weight is 308 g/mol. The molecule has 0 bridgehead atoms. The van der Waals surface area contributed by atoms with Crippen molar-refractivity contribution >= 4 is 24.2 Å². The summed E-state index contributed by atoms with van der Waals surface area (Å²) >= 11 is 0. The first kappa shape index (κ1) is 19.1. The number of hydrogen-bond donors (Lipinski definition) is 2. The highest BCUT2D eigenvalue weighted by atomic mass is 35.5. The number of carbonyl (C=O) groups is 2. The molecule has 1 rings (SSSR count). The molecule has 6 nitrogen and oxygen atoms in total. The van der Waals surface area contributed by atoms with Gasteiger partial charge in [0.2, 0.25) is 11.8 Å². The summed E-state index contributed by atoms with van der Waals surface area (Å²) in [5, 5.41) is 2.71. The van der Waals surface area contributed by atoms with E-state index in [-0.39, 0.29) is 30.3 Å².